The van der Waals surface area contributed by atoms with Crippen LogP contribution < -0.4 is 5.73 Å². The molecule has 19 heavy (non-hydrogen) atoms. The molecule has 0 aliphatic carbocycles. The van der Waals surface area contributed by atoms with E-state index in [0.29, 0.717) is 11.6 Å². The van der Waals surface area contributed by atoms with E-state index in [2.05, 4.69) is 35.8 Å². The molecule has 0 spiro atoms. The number of nitrogen functional groups attached to an aromatic ring is 1. The zero-order valence-electron chi connectivity index (χ0n) is 12.4. The standard InChI is InChI=1S/C14H21N5/c1-8-9(2)16-13(17-12(8)15)10-7-19(6)18-11(10)14(3,4)5/h7H,1-6H3,(H2,15,16,17). The summed E-state index contributed by atoms with van der Waals surface area (Å²) in [5.41, 5.74) is 9.66. The SMILES string of the molecule is Cc1nc(-c2cn(C)nc2C(C)(C)C)nc(N)c1C. The van der Waals surface area contributed by atoms with E-state index in [9.17, 15) is 0 Å². The lowest BCUT2D eigenvalue weighted by atomic mass is 9.89. The second kappa shape index (κ2) is 4.33. The molecular formula is C14H21N5. The maximum absolute atomic E-state index is 5.95. The molecule has 0 aromatic carbocycles. The Morgan fingerprint density at radius 1 is 1.16 bits per heavy atom. The first-order valence-electron chi connectivity index (χ1n) is 6.35. The number of rotatable bonds is 1. The Morgan fingerprint density at radius 2 is 1.79 bits per heavy atom. The van der Waals surface area contributed by atoms with Crippen LogP contribution in [0.15, 0.2) is 6.20 Å². The predicted molar refractivity (Wildman–Crippen MR) is 76.8 cm³/mol. The normalized spacial score (nSPS) is 11.9. The van der Waals surface area contributed by atoms with Crippen molar-refractivity contribution >= 4 is 5.82 Å². The maximum atomic E-state index is 5.95. The van der Waals surface area contributed by atoms with E-state index in [-0.39, 0.29) is 5.41 Å². The van der Waals surface area contributed by atoms with Gasteiger partial charge in [-0.1, -0.05) is 20.8 Å². The first-order chi connectivity index (χ1) is 8.70. The van der Waals surface area contributed by atoms with Crippen molar-refractivity contribution in [2.24, 2.45) is 7.05 Å². The summed E-state index contributed by atoms with van der Waals surface area (Å²) in [6.07, 6.45) is 1.95. The van der Waals surface area contributed by atoms with Crippen molar-refractivity contribution in [1.82, 2.24) is 19.7 Å². The third-order valence-corrected chi connectivity index (χ3v) is 3.21. The molecule has 5 nitrogen and oxygen atoms in total. The van der Waals surface area contributed by atoms with Crippen LogP contribution in [0.2, 0.25) is 0 Å². The molecule has 0 unspecified atom stereocenters. The van der Waals surface area contributed by atoms with Crippen LogP contribution >= 0.6 is 0 Å². The molecule has 2 N–H and O–H groups in total. The van der Waals surface area contributed by atoms with Gasteiger partial charge >= 0.3 is 0 Å². The summed E-state index contributed by atoms with van der Waals surface area (Å²) in [5, 5.41) is 4.54. The van der Waals surface area contributed by atoms with Crippen molar-refractivity contribution in [2.45, 2.75) is 40.0 Å². The first kappa shape index (κ1) is 13.5. The highest BCUT2D eigenvalue weighted by molar-refractivity contribution is 5.61. The average Bonchev–Trinajstić information content (AvgIpc) is 2.67. The molecule has 0 aliphatic heterocycles. The van der Waals surface area contributed by atoms with Crippen LogP contribution in [0.3, 0.4) is 0 Å². The minimum absolute atomic E-state index is 0.0620. The Kier molecular flexibility index (Phi) is 3.08. The Hall–Kier alpha value is -1.91. The lowest BCUT2D eigenvalue weighted by Gasteiger charge is -2.17. The molecular weight excluding hydrogens is 238 g/mol. The lowest BCUT2D eigenvalue weighted by Crippen LogP contribution is -2.14. The van der Waals surface area contributed by atoms with Gasteiger partial charge in [-0.2, -0.15) is 5.10 Å². The molecule has 0 saturated heterocycles. The van der Waals surface area contributed by atoms with E-state index in [1.165, 1.54) is 0 Å². The number of nitrogens with two attached hydrogens (primary N) is 1. The first-order valence-corrected chi connectivity index (χ1v) is 6.35. The van der Waals surface area contributed by atoms with Crippen molar-refractivity contribution in [1.29, 1.82) is 0 Å². The van der Waals surface area contributed by atoms with Crippen LogP contribution in [-0.2, 0) is 12.5 Å². The van der Waals surface area contributed by atoms with Crippen molar-refractivity contribution in [3.8, 4) is 11.4 Å². The van der Waals surface area contributed by atoms with E-state index >= 15 is 0 Å². The number of hydrogen-bond acceptors (Lipinski definition) is 4. The summed E-state index contributed by atoms with van der Waals surface area (Å²) in [7, 11) is 1.91. The average molecular weight is 259 g/mol. The van der Waals surface area contributed by atoms with Gasteiger partial charge < -0.3 is 5.73 Å². The zero-order valence-corrected chi connectivity index (χ0v) is 12.4. The molecule has 2 heterocycles. The summed E-state index contributed by atoms with van der Waals surface area (Å²) in [4.78, 5) is 8.95. The molecule has 2 aromatic heterocycles. The van der Waals surface area contributed by atoms with Gasteiger partial charge in [-0.25, -0.2) is 9.97 Å². The zero-order chi connectivity index (χ0) is 14.4. The molecule has 2 aromatic rings. The van der Waals surface area contributed by atoms with Gasteiger partial charge in [0.2, 0.25) is 0 Å². The molecule has 2 rings (SSSR count). The molecule has 5 heteroatoms. The van der Waals surface area contributed by atoms with Gasteiger partial charge in [0, 0.05) is 29.9 Å². The second-order valence-corrected chi connectivity index (χ2v) is 5.96. The summed E-state index contributed by atoms with van der Waals surface area (Å²) in [6, 6.07) is 0. The molecule has 102 valence electrons. The number of aryl methyl sites for hydroxylation is 2. The quantitative estimate of drug-likeness (QED) is 0.853. The van der Waals surface area contributed by atoms with Crippen LogP contribution in [0.4, 0.5) is 5.82 Å². The van der Waals surface area contributed by atoms with Crippen LogP contribution in [0.1, 0.15) is 37.7 Å². The molecule has 0 amide bonds. The molecule has 0 bridgehead atoms. The van der Waals surface area contributed by atoms with Gasteiger partial charge in [0.1, 0.15) is 5.82 Å². The molecule has 0 atom stereocenters. The molecule has 0 saturated carbocycles. The van der Waals surface area contributed by atoms with Crippen molar-refractivity contribution in [2.75, 3.05) is 5.73 Å². The van der Waals surface area contributed by atoms with Crippen molar-refractivity contribution in [3.05, 3.63) is 23.1 Å². The number of nitrogens with zero attached hydrogens (tertiary/aromatic N) is 4. The van der Waals surface area contributed by atoms with Crippen molar-refractivity contribution in [3.63, 3.8) is 0 Å². The van der Waals surface area contributed by atoms with Crippen LogP contribution in [0.5, 0.6) is 0 Å². The van der Waals surface area contributed by atoms with Gasteiger partial charge in [0.05, 0.1) is 11.3 Å². The topological polar surface area (TPSA) is 69.6 Å². The Balaban J connectivity index is 2.66. The smallest absolute Gasteiger partial charge is 0.165 e. The Labute approximate surface area is 113 Å². The highest BCUT2D eigenvalue weighted by Gasteiger charge is 2.24. The van der Waals surface area contributed by atoms with Gasteiger partial charge in [0.25, 0.3) is 0 Å². The number of aromatic nitrogens is 4. The third kappa shape index (κ3) is 2.45. The Bertz CT molecular complexity index is 596. The van der Waals surface area contributed by atoms with E-state index in [0.717, 1.165) is 22.5 Å². The van der Waals surface area contributed by atoms with E-state index in [4.69, 9.17) is 5.73 Å². The molecule has 0 aliphatic rings. The monoisotopic (exact) mass is 259 g/mol. The predicted octanol–water partition coefficient (Wildman–Crippen LogP) is 2.37. The fraction of sp³-hybridized carbons (Fsp3) is 0.500. The maximum Gasteiger partial charge on any atom is 0.165 e. The van der Waals surface area contributed by atoms with Gasteiger partial charge in [-0.3, -0.25) is 4.68 Å². The minimum Gasteiger partial charge on any atom is -0.383 e. The Morgan fingerprint density at radius 3 is 2.32 bits per heavy atom. The van der Waals surface area contributed by atoms with Crippen LogP contribution in [0.25, 0.3) is 11.4 Å². The fourth-order valence-corrected chi connectivity index (χ4v) is 1.98. The summed E-state index contributed by atoms with van der Waals surface area (Å²) < 4.78 is 1.80. The van der Waals surface area contributed by atoms with Crippen molar-refractivity contribution < 1.29 is 0 Å². The molecule has 0 radical (unpaired) electrons. The van der Waals surface area contributed by atoms with E-state index < -0.39 is 0 Å². The summed E-state index contributed by atoms with van der Waals surface area (Å²) >= 11 is 0. The van der Waals surface area contributed by atoms with Gasteiger partial charge in [-0.15, -0.1) is 0 Å². The molecule has 0 fully saturated rings. The fourth-order valence-electron chi connectivity index (χ4n) is 1.98. The summed E-state index contributed by atoms with van der Waals surface area (Å²) in [5.74, 6) is 1.19. The second-order valence-electron chi connectivity index (χ2n) is 5.96. The van der Waals surface area contributed by atoms with Gasteiger partial charge in [-0.05, 0) is 13.8 Å². The number of hydrogen-bond donors (Lipinski definition) is 1. The largest absolute Gasteiger partial charge is 0.383 e. The van der Waals surface area contributed by atoms with E-state index in [1.807, 2.05) is 27.1 Å². The summed E-state index contributed by atoms with van der Waals surface area (Å²) in [6.45, 7) is 10.3. The number of anilines is 1. The van der Waals surface area contributed by atoms with E-state index in [1.54, 1.807) is 4.68 Å². The third-order valence-electron chi connectivity index (χ3n) is 3.21. The highest BCUT2D eigenvalue weighted by Crippen LogP contribution is 2.30. The lowest BCUT2D eigenvalue weighted by molar-refractivity contribution is 0.554. The minimum atomic E-state index is -0.0620. The highest BCUT2D eigenvalue weighted by atomic mass is 15.3. The van der Waals surface area contributed by atoms with Crippen LogP contribution in [-0.4, -0.2) is 19.7 Å². The van der Waals surface area contributed by atoms with Crippen LogP contribution in [0, 0.1) is 13.8 Å². The van der Waals surface area contributed by atoms with Gasteiger partial charge in [0.15, 0.2) is 5.82 Å².